The van der Waals surface area contributed by atoms with Crippen molar-refractivity contribution >= 4 is 17.3 Å². The van der Waals surface area contributed by atoms with Gasteiger partial charge in [-0.1, -0.05) is 0 Å². The standard InChI is InChI=1S/C7H16N2O3S/c1-5-9(7(2,3)4)6(10)8-13(11)12/h5H2,1-4H3,(H,8,10)(H,11,12). The van der Waals surface area contributed by atoms with E-state index in [0.29, 0.717) is 6.54 Å². The highest BCUT2D eigenvalue weighted by atomic mass is 32.2. The van der Waals surface area contributed by atoms with Crippen LogP contribution >= 0.6 is 0 Å². The van der Waals surface area contributed by atoms with Gasteiger partial charge in [-0.3, -0.25) is 4.55 Å². The van der Waals surface area contributed by atoms with Gasteiger partial charge >= 0.3 is 6.03 Å². The molecule has 0 radical (unpaired) electrons. The zero-order chi connectivity index (χ0) is 10.6. The molecule has 13 heavy (non-hydrogen) atoms. The van der Waals surface area contributed by atoms with E-state index in [2.05, 4.69) is 0 Å². The first-order valence-corrected chi connectivity index (χ1v) is 5.08. The van der Waals surface area contributed by atoms with Gasteiger partial charge in [0, 0.05) is 12.1 Å². The number of hydrogen-bond donors (Lipinski definition) is 2. The maximum absolute atomic E-state index is 11.3. The molecule has 78 valence electrons. The fraction of sp³-hybridized carbons (Fsp3) is 0.857. The maximum atomic E-state index is 11.3. The Kier molecular flexibility index (Phi) is 4.35. The van der Waals surface area contributed by atoms with E-state index in [4.69, 9.17) is 4.55 Å². The summed E-state index contributed by atoms with van der Waals surface area (Å²) in [6.45, 7) is 7.88. The second-order valence-corrected chi connectivity index (χ2v) is 4.27. The number of nitrogens with one attached hydrogen (secondary N) is 1. The SMILES string of the molecule is CCN(C(=O)NS(=O)O)C(C)(C)C. The summed E-state index contributed by atoms with van der Waals surface area (Å²) < 4.78 is 20.7. The summed E-state index contributed by atoms with van der Waals surface area (Å²) in [4.78, 5) is 12.8. The largest absolute Gasteiger partial charge is 0.331 e. The summed E-state index contributed by atoms with van der Waals surface area (Å²) in [5.74, 6) is 0. The minimum atomic E-state index is -2.29. The van der Waals surface area contributed by atoms with Gasteiger partial charge < -0.3 is 4.90 Å². The molecule has 1 atom stereocenters. The summed E-state index contributed by atoms with van der Waals surface area (Å²) in [5.41, 5.74) is -0.349. The Bertz CT molecular complexity index is 212. The third-order valence-corrected chi connectivity index (χ3v) is 1.89. The van der Waals surface area contributed by atoms with E-state index in [1.165, 1.54) is 4.90 Å². The van der Waals surface area contributed by atoms with Gasteiger partial charge in [0.05, 0.1) is 0 Å². The minimum absolute atomic E-state index is 0.349. The zero-order valence-corrected chi connectivity index (χ0v) is 9.14. The molecule has 0 aromatic carbocycles. The van der Waals surface area contributed by atoms with Crippen LogP contribution in [0.25, 0.3) is 0 Å². The fourth-order valence-corrected chi connectivity index (χ4v) is 1.31. The summed E-state index contributed by atoms with van der Waals surface area (Å²) in [5, 5.41) is 0. The van der Waals surface area contributed by atoms with Crippen molar-refractivity contribution in [1.29, 1.82) is 0 Å². The maximum Gasteiger partial charge on any atom is 0.331 e. The molecule has 2 amide bonds. The highest BCUT2D eigenvalue weighted by molar-refractivity contribution is 7.77. The number of hydrogen-bond acceptors (Lipinski definition) is 2. The van der Waals surface area contributed by atoms with Gasteiger partial charge in [0.2, 0.25) is 0 Å². The molecule has 0 aliphatic carbocycles. The predicted octanol–water partition coefficient (Wildman–Crippen LogP) is 0.953. The molecule has 0 bridgehead atoms. The highest BCUT2D eigenvalue weighted by Gasteiger charge is 2.25. The van der Waals surface area contributed by atoms with Crippen molar-refractivity contribution in [3.63, 3.8) is 0 Å². The molecular weight excluding hydrogens is 192 g/mol. The Morgan fingerprint density at radius 1 is 1.54 bits per heavy atom. The van der Waals surface area contributed by atoms with Crippen LogP contribution in [0.15, 0.2) is 0 Å². The lowest BCUT2D eigenvalue weighted by Gasteiger charge is -2.34. The molecule has 0 aliphatic heterocycles. The molecule has 0 saturated carbocycles. The lowest BCUT2D eigenvalue weighted by molar-refractivity contribution is 0.155. The summed E-state index contributed by atoms with van der Waals surface area (Å²) in [6, 6.07) is -0.532. The average molecular weight is 208 g/mol. The number of nitrogens with zero attached hydrogens (tertiary/aromatic N) is 1. The van der Waals surface area contributed by atoms with E-state index in [9.17, 15) is 9.00 Å². The third-order valence-electron chi connectivity index (χ3n) is 1.55. The summed E-state index contributed by atoms with van der Waals surface area (Å²) in [7, 11) is 0. The molecule has 0 saturated heterocycles. The van der Waals surface area contributed by atoms with Crippen LogP contribution < -0.4 is 4.72 Å². The first-order chi connectivity index (χ1) is 5.79. The highest BCUT2D eigenvalue weighted by Crippen LogP contribution is 2.12. The van der Waals surface area contributed by atoms with Gasteiger partial charge in [-0.05, 0) is 27.7 Å². The van der Waals surface area contributed by atoms with Crippen LogP contribution in [0.2, 0.25) is 0 Å². The Labute approximate surface area is 80.9 Å². The monoisotopic (exact) mass is 208 g/mol. The van der Waals surface area contributed by atoms with Gasteiger partial charge in [0.25, 0.3) is 11.3 Å². The lowest BCUT2D eigenvalue weighted by Crippen LogP contribution is -2.50. The number of urea groups is 1. The van der Waals surface area contributed by atoms with Crippen molar-refractivity contribution in [3.8, 4) is 0 Å². The van der Waals surface area contributed by atoms with Gasteiger partial charge in [0.1, 0.15) is 0 Å². The van der Waals surface area contributed by atoms with Gasteiger partial charge in [-0.15, -0.1) is 0 Å². The lowest BCUT2D eigenvalue weighted by atomic mass is 10.1. The van der Waals surface area contributed by atoms with E-state index in [1.807, 2.05) is 32.4 Å². The number of rotatable bonds is 2. The quantitative estimate of drug-likeness (QED) is 0.664. The van der Waals surface area contributed by atoms with Crippen molar-refractivity contribution in [3.05, 3.63) is 0 Å². The van der Waals surface area contributed by atoms with Crippen LogP contribution in [0.1, 0.15) is 27.7 Å². The normalized spacial score (nSPS) is 13.6. The van der Waals surface area contributed by atoms with E-state index < -0.39 is 17.3 Å². The predicted molar refractivity (Wildman–Crippen MR) is 51.4 cm³/mol. The fourth-order valence-electron chi connectivity index (χ4n) is 1.05. The Morgan fingerprint density at radius 2 is 2.00 bits per heavy atom. The van der Waals surface area contributed by atoms with E-state index >= 15 is 0 Å². The van der Waals surface area contributed by atoms with E-state index in [0.717, 1.165) is 0 Å². The molecule has 0 aliphatic rings. The molecule has 6 heteroatoms. The van der Waals surface area contributed by atoms with Crippen molar-refractivity contribution in [2.75, 3.05) is 6.54 Å². The first-order valence-electron chi connectivity index (χ1n) is 3.98. The number of carbonyl (C=O) groups is 1. The number of amides is 2. The Hall–Kier alpha value is -0.620. The summed E-state index contributed by atoms with van der Waals surface area (Å²) >= 11 is -2.29. The zero-order valence-electron chi connectivity index (χ0n) is 8.33. The third kappa shape index (κ3) is 4.23. The molecule has 0 fully saturated rings. The molecule has 0 rings (SSSR count). The second-order valence-electron chi connectivity index (χ2n) is 3.57. The molecule has 1 unspecified atom stereocenters. The van der Waals surface area contributed by atoms with Crippen molar-refractivity contribution in [1.82, 2.24) is 9.62 Å². The Morgan fingerprint density at radius 3 is 2.23 bits per heavy atom. The van der Waals surface area contributed by atoms with E-state index in [-0.39, 0.29) is 5.54 Å². The van der Waals surface area contributed by atoms with Gasteiger partial charge in [0.15, 0.2) is 0 Å². The van der Waals surface area contributed by atoms with Crippen LogP contribution in [-0.4, -0.2) is 31.8 Å². The molecule has 0 aromatic heterocycles. The first kappa shape index (κ1) is 12.4. The molecule has 5 nitrogen and oxygen atoms in total. The molecular formula is C7H16N2O3S. The van der Waals surface area contributed by atoms with E-state index in [1.54, 1.807) is 0 Å². The Balaban J connectivity index is 4.42. The van der Waals surface area contributed by atoms with Gasteiger partial charge in [-0.25, -0.2) is 13.7 Å². The van der Waals surface area contributed by atoms with Crippen molar-refractivity contribution in [2.45, 2.75) is 33.2 Å². The van der Waals surface area contributed by atoms with Crippen LogP contribution in [0.5, 0.6) is 0 Å². The van der Waals surface area contributed by atoms with Crippen LogP contribution in [0.4, 0.5) is 4.79 Å². The molecule has 0 spiro atoms. The molecule has 0 aromatic rings. The summed E-state index contributed by atoms with van der Waals surface area (Å²) in [6.07, 6.45) is 0. The van der Waals surface area contributed by atoms with Crippen LogP contribution in [-0.2, 0) is 11.3 Å². The topological polar surface area (TPSA) is 69.6 Å². The number of carbonyl (C=O) groups excluding carboxylic acids is 1. The molecule has 2 N–H and O–H groups in total. The van der Waals surface area contributed by atoms with Crippen molar-refractivity contribution < 1.29 is 13.6 Å². The minimum Gasteiger partial charge on any atom is -0.319 e. The smallest absolute Gasteiger partial charge is 0.319 e. The molecule has 0 heterocycles. The average Bonchev–Trinajstić information content (AvgIpc) is 1.82. The van der Waals surface area contributed by atoms with Crippen LogP contribution in [0.3, 0.4) is 0 Å². The second kappa shape index (κ2) is 4.57. The van der Waals surface area contributed by atoms with Crippen molar-refractivity contribution in [2.24, 2.45) is 0 Å². The van der Waals surface area contributed by atoms with Gasteiger partial charge in [-0.2, -0.15) is 0 Å². The van der Waals surface area contributed by atoms with Crippen LogP contribution in [0, 0.1) is 0 Å².